The monoisotopic (exact) mass is 543 g/mol. The molecule has 0 unspecified atom stereocenters. The van der Waals surface area contributed by atoms with Crippen LogP contribution in [0.1, 0.15) is 15.9 Å². The van der Waals surface area contributed by atoms with E-state index in [0.717, 1.165) is 5.56 Å². The highest BCUT2D eigenvalue weighted by Gasteiger charge is 2.31. The van der Waals surface area contributed by atoms with E-state index in [1.54, 1.807) is 62.7 Å². The summed E-state index contributed by atoms with van der Waals surface area (Å²) >= 11 is 0. The molecule has 0 spiro atoms. The highest BCUT2D eigenvalue weighted by Crippen LogP contribution is 2.20. The van der Waals surface area contributed by atoms with Gasteiger partial charge in [-0.3, -0.25) is 19.2 Å². The van der Waals surface area contributed by atoms with E-state index >= 15 is 0 Å². The lowest BCUT2D eigenvalue weighted by molar-refractivity contribution is -0.139. The van der Waals surface area contributed by atoms with Gasteiger partial charge in [-0.1, -0.05) is 36.4 Å². The first-order valence-electron chi connectivity index (χ1n) is 12.9. The van der Waals surface area contributed by atoms with Gasteiger partial charge in [-0.15, -0.1) is 0 Å². The molecule has 1 aliphatic heterocycles. The van der Waals surface area contributed by atoms with Gasteiger partial charge in [-0.25, -0.2) is 0 Å². The van der Waals surface area contributed by atoms with Crippen molar-refractivity contribution >= 4 is 35.0 Å². The first-order chi connectivity index (χ1) is 19.2. The SMILES string of the molecule is COc1ccc(N(C)C(=O)[C@H](Cc2ccccc2)NC(=O)CN2CCN(C(=O)c3cccc(N)c3)CC2=O)cc1. The Labute approximate surface area is 233 Å². The number of anilines is 2. The summed E-state index contributed by atoms with van der Waals surface area (Å²) in [6.07, 6.45) is 0.280. The molecule has 0 radical (unpaired) electrons. The molecule has 0 bridgehead atoms. The van der Waals surface area contributed by atoms with Crippen LogP contribution in [0.15, 0.2) is 78.9 Å². The van der Waals surface area contributed by atoms with Crippen LogP contribution in [0.5, 0.6) is 5.75 Å². The molecular formula is C30H33N5O5. The number of likely N-dealkylation sites (N-methyl/N-ethyl adjacent to an activating group) is 1. The summed E-state index contributed by atoms with van der Waals surface area (Å²) < 4.78 is 5.20. The number of benzene rings is 3. The number of methoxy groups -OCH3 is 1. The molecule has 208 valence electrons. The lowest BCUT2D eigenvalue weighted by Crippen LogP contribution is -2.56. The smallest absolute Gasteiger partial charge is 0.254 e. The molecule has 40 heavy (non-hydrogen) atoms. The third-order valence-electron chi connectivity index (χ3n) is 6.78. The molecule has 3 N–H and O–H groups in total. The normalized spacial score (nSPS) is 13.9. The van der Waals surface area contributed by atoms with Crippen LogP contribution in [0, 0.1) is 0 Å². The number of amides is 4. The van der Waals surface area contributed by atoms with Crippen molar-refractivity contribution in [1.29, 1.82) is 0 Å². The maximum Gasteiger partial charge on any atom is 0.254 e. The Morgan fingerprint density at radius 3 is 2.38 bits per heavy atom. The standard InChI is InChI=1S/C30H33N5O5/c1-33(24-11-13-25(40-2)14-12-24)30(39)26(17-21-7-4-3-5-8-21)32-27(36)19-34-15-16-35(20-28(34)37)29(38)22-9-6-10-23(31)18-22/h3-14,18,26H,15-17,19-20,31H2,1-2H3,(H,32,36)/t26-/m0/s1. The molecule has 3 aromatic rings. The van der Waals surface area contributed by atoms with Crippen molar-refractivity contribution in [3.63, 3.8) is 0 Å². The van der Waals surface area contributed by atoms with Crippen molar-refractivity contribution in [2.75, 3.05) is 51.0 Å². The Hall–Kier alpha value is -4.86. The summed E-state index contributed by atoms with van der Waals surface area (Å²) in [7, 11) is 3.21. The number of hydrogen-bond donors (Lipinski definition) is 2. The van der Waals surface area contributed by atoms with Gasteiger partial charge in [0, 0.05) is 43.5 Å². The van der Waals surface area contributed by atoms with E-state index in [-0.39, 0.29) is 50.3 Å². The number of piperazine rings is 1. The van der Waals surface area contributed by atoms with Gasteiger partial charge in [0.1, 0.15) is 18.3 Å². The van der Waals surface area contributed by atoms with Gasteiger partial charge in [0.2, 0.25) is 17.7 Å². The van der Waals surface area contributed by atoms with Crippen molar-refractivity contribution in [2.45, 2.75) is 12.5 Å². The molecule has 1 saturated heterocycles. The maximum atomic E-state index is 13.5. The number of carbonyl (C=O) groups is 4. The molecule has 4 amide bonds. The van der Waals surface area contributed by atoms with Crippen LogP contribution in [-0.4, -0.2) is 79.8 Å². The number of ether oxygens (including phenoxy) is 1. The van der Waals surface area contributed by atoms with Gasteiger partial charge in [0.05, 0.1) is 13.7 Å². The highest BCUT2D eigenvalue weighted by molar-refractivity contribution is 6.00. The quantitative estimate of drug-likeness (QED) is 0.398. The second kappa shape index (κ2) is 12.8. The predicted molar refractivity (Wildman–Crippen MR) is 152 cm³/mol. The van der Waals surface area contributed by atoms with Crippen molar-refractivity contribution < 1.29 is 23.9 Å². The highest BCUT2D eigenvalue weighted by atomic mass is 16.5. The minimum atomic E-state index is -0.858. The summed E-state index contributed by atoms with van der Waals surface area (Å²) in [5.41, 5.74) is 8.18. The molecule has 0 saturated carbocycles. The van der Waals surface area contributed by atoms with Gasteiger partial charge >= 0.3 is 0 Å². The van der Waals surface area contributed by atoms with Crippen LogP contribution in [0.4, 0.5) is 11.4 Å². The number of nitrogens with one attached hydrogen (secondary N) is 1. The Balaban J connectivity index is 1.40. The van der Waals surface area contributed by atoms with Crippen LogP contribution in [0.2, 0.25) is 0 Å². The van der Waals surface area contributed by atoms with Crippen LogP contribution >= 0.6 is 0 Å². The van der Waals surface area contributed by atoms with Gasteiger partial charge in [0.15, 0.2) is 0 Å². The van der Waals surface area contributed by atoms with Crippen molar-refractivity contribution in [3.05, 3.63) is 90.0 Å². The first-order valence-corrected chi connectivity index (χ1v) is 12.9. The number of nitrogen functional groups attached to an aromatic ring is 1. The summed E-state index contributed by atoms with van der Waals surface area (Å²) in [6, 6.07) is 22.2. The first kappa shape index (κ1) is 28.2. The number of hydrogen-bond acceptors (Lipinski definition) is 6. The zero-order valence-corrected chi connectivity index (χ0v) is 22.6. The van der Waals surface area contributed by atoms with Gasteiger partial charge in [0.25, 0.3) is 5.91 Å². The van der Waals surface area contributed by atoms with Gasteiger partial charge in [-0.2, -0.15) is 0 Å². The minimum absolute atomic E-state index is 0.145. The molecular weight excluding hydrogens is 510 g/mol. The average Bonchev–Trinajstić information content (AvgIpc) is 2.97. The van der Waals surface area contributed by atoms with E-state index in [1.807, 2.05) is 30.3 Å². The van der Waals surface area contributed by atoms with Crippen molar-refractivity contribution in [3.8, 4) is 5.75 Å². The Morgan fingerprint density at radius 1 is 1.00 bits per heavy atom. The second-order valence-electron chi connectivity index (χ2n) is 9.57. The van der Waals surface area contributed by atoms with Crippen molar-refractivity contribution in [2.24, 2.45) is 0 Å². The maximum absolute atomic E-state index is 13.5. The molecule has 1 heterocycles. The summed E-state index contributed by atoms with van der Waals surface area (Å²) in [5.74, 6) is -0.731. The fraction of sp³-hybridized carbons (Fsp3) is 0.267. The van der Waals surface area contributed by atoms with Crippen LogP contribution in [-0.2, 0) is 20.8 Å². The van der Waals surface area contributed by atoms with E-state index in [2.05, 4.69) is 5.32 Å². The Morgan fingerprint density at radius 2 is 1.73 bits per heavy atom. The van der Waals surface area contributed by atoms with Crippen LogP contribution < -0.4 is 20.7 Å². The lowest BCUT2D eigenvalue weighted by Gasteiger charge is -2.34. The Kier molecular flexibility index (Phi) is 9.00. The van der Waals surface area contributed by atoms with E-state index < -0.39 is 11.9 Å². The van der Waals surface area contributed by atoms with Gasteiger partial charge < -0.3 is 30.5 Å². The summed E-state index contributed by atoms with van der Waals surface area (Å²) in [5, 5.41) is 2.83. The lowest BCUT2D eigenvalue weighted by atomic mass is 10.0. The summed E-state index contributed by atoms with van der Waals surface area (Å²) in [4.78, 5) is 56.6. The average molecular weight is 544 g/mol. The van der Waals surface area contributed by atoms with Crippen LogP contribution in [0.3, 0.4) is 0 Å². The van der Waals surface area contributed by atoms with Crippen molar-refractivity contribution in [1.82, 2.24) is 15.1 Å². The number of nitrogens with two attached hydrogens (primary N) is 1. The number of carbonyl (C=O) groups excluding carboxylic acids is 4. The number of nitrogens with zero attached hydrogens (tertiary/aromatic N) is 3. The predicted octanol–water partition coefficient (Wildman–Crippen LogP) is 1.95. The zero-order valence-electron chi connectivity index (χ0n) is 22.6. The van der Waals surface area contributed by atoms with E-state index in [1.165, 1.54) is 14.7 Å². The Bertz CT molecular complexity index is 1360. The molecule has 1 aliphatic rings. The molecule has 4 rings (SSSR count). The van der Waals surface area contributed by atoms with Crippen LogP contribution in [0.25, 0.3) is 0 Å². The minimum Gasteiger partial charge on any atom is -0.497 e. The zero-order chi connectivity index (χ0) is 28.6. The molecule has 1 fully saturated rings. The molecule has 0 aliphatic carbocycles. The molecule has 10 heteroatoms. The number of rotatable bonds is 9. The molecule has 0 aromatic heterocycles. The third kappa shape index (κ3) is 6.96. The molecule has 1 atom stereocenters. The molecule has 3 aromatic carbocycles. The topological polar surface area (TPSA) is 125 Å². The fourth-order valence-electron chi connectivity index (χ4n) is 4.53. The fourth-order valence-corrected chi connectivity index (χ4v) is 4.53. The van der Waals surface area contributed by atoms with Gasteiger partial charge in [-0.05, 0) is 48.0 Å². The largest absolute Gasteiger partial charge is 0.497 e. The molecule has 10 nitrogen and oxygen atoms in total. The van der Waals surface area contributed by atoms with E-state index in [4.69, 9.17) is 10.5 Å². The van der Waals surface area contributed by atoms with E-state index in [0.29, 0.717) is 22.7 Å². The second-order valence-corrected chi connectivity index (χ2v) is 9.57. The summed E-state index contributed by atoms with van der Waals surface area (Å²) in [6.45, 7) is 0.111. The third-order valence-corrected chi connectivity index (χ3v) is 6.78. The van der Waals surface area contributed by atoms with E-state index in [9.17, 15) is 19.2 Å².